The summed E-state index contributed by atoms with van der Waals surface area (Å²) in [5, 5.41) is 3.53. The molecule has 120 valence electrons. The third kappa shape index (κ3) is 3.61. The van der Waals surface area contributed by atoms with Gasteiger partial charge >= 0.3 is 0 Å². The average molecular weight is 302 g/mol. The van der Waals surface area contributed by atoms with Gasteiger partial charge in [-0.25, -0.2) is 0 Å². The van der Waals surface area contributed by atoms with Crippen molar-refractivity contribution in [2.75, 3.05) is 25.1 Å². The van der Waals surface area contributed by atoms with Crippen molar-refractivity contribution in [1.82, 2.24) is 4.90 Å². The fourth-order valence-corrected chi connectivity index (χ4v) is 3.35. The lowest BCUT2D eigenvalue weighted by Crippen LogP contribution is -2.42. The molecule has 4 nitrogen and oxygen atoms in total. The third-order valence-electron chi connectivity index (χ3n) is 4.79. The molecule has 0 aromatic heterocycles. The summed E-state index contributed by atoms with van der Waals surface area (Å²) in [6.07, 6.45) is 5.57. The number of carbonyl (C=O) groups is 1. The van der Waals surface area contributed by atoms with Crippen molar-refractivity contribution in [3.05, 3.63) is 29.8 Å². The van der Waals surface area contributed by atoms with E-state index in [0.29, 0.717) is 12.1 Å². The summed E-state index contributed by atoms with van der Waals surface area (Å²) < 4.78 is 5.38. The zero-order valence-corrected chi connectivity index (χ0v) is 13.4. The Morgan fingerprint density at radius 1 is 1.14 bits per heavy atom. The predicted octanol–water partition coefficient (Wildman–Crippen LogP) is 3.29. The van der Waals surface area contributed by atoms with E-state index < -0.39 is 0 Å². The SMILES string of the molecule is CC1CCCCN1C(=O)c1ccc(NC2CCOCC2)cc1. The second-order valence-electron chi connectivity index (χ2n) is 6.45. The number of benzene rings is 1. The number of piperidine rings is 1. The van der Waals surface area contributed by atoms with Crippen LogP contribution in [0, 0.1) is 0 Å². The van der Waals surface area contributed by atoms with Crippen LogP contribution in [0.3, 0.4) is 0 Å². The molecule has 1 amide bonds. The van der Waals surface area contributed by atoms with Crippen LogP contribution >= 0.6 is 0 Å². The Balaban J connectivity index is 1.61. The number of ether oxygens (including phenoxy) is 1. The molecule has 1 aromatic rings. The van der Waals surface area contributed by atoms with Gasteiger partial charge in [-0.2, -0.15) is 0 Å². The average Bonchev–Trinajstić information content (AvgIpc) is 2.56. The van der Waals surface area contributed by atoms with Crippen LogP contribution < -0.4 is 5.32 Å². The van der Waals surface area contributed by atoms with Gasteiger partial charge in [-0.3, -0.25) is 4.79 Å². The maximum absolute atomic E-state index is 12.6. The van der Waals surface area contributed by atoms with E-state index in [1.54, 1.807) is 0 Å². The summed E-state index contributed by atoms with van der Waals surface area (Å²) in [7, 11) is 0. The van der Waals surface area contributed by atoms with Crippen molar-refractivity contribution < 1.29 is 9.53 Å². The molecule has 0 spiro atoms. The predicted molar refractivity (Wildman–Crippen MR) is 88.3 cm³/mol. The molecule has 0 saturated carbocycles. The molecule has 0 radical (unpaired) electrons. The Morgan fingerprint density at radius 3 is 2.55 bits per heavy atom. The molecule has 1 aromatic carbocycles. The molecule has 1 N–H and O–H groups in total. The molecular formula is C18H26N2O2. The van der Waals surface area contributed by atoms with E-state index in [9.17, 15) is 4.79 Å². The largest absolute Gasteiger partial charge is 0.382 e. The van der Waals surface area contributed by atoms with Gasteiger partial charge in [0, 0.05) is 43.1 Å². The van der Waals surface area contributed by atoms with Crippen molar-refractivity contribution in [2.24, 2.45) is 0 Å². The zero-order valence-electron chi connectivity index (χ0n) is 13.4. The highest BCUT2D eigenvalue weighted by Crippen LogP contribution is 2.21. The molecule has 4 heteroatoms. The quantitative estimate of drug-likeness (QED) is 0.931. The second-order valence-corrected chi connectivity index (χ2v) is 6.45. The molecule has 2 saturated heterocycles. The van der Waals surface area contributed by atoms with Crippen molar-refractivity contribution in [1.29, 1.82) is 0 Å². The lowest BCUT2D eigenvalue weighted by molar-refractivity contribution is 0.0635. The van der Waals surface area contributed by atoms with E-state index in [1.807, 2.05) is 29.2 Å². The normalized spacial score (nSPS) is 23.3. The zero-order chi connectivity index (χ0) is 15.4. The highest BCUT2D eigenvalue weighted by atomic mass is 16.5. The van der Waals surface area contributed by atoms with E-state index in [-0.39, 0.29) is 5.91 Å². The Hall–Kier alpha value is -1.55. The molecule has 2 aliphatic heterocycles. The minimum Gasteiger partial charge on any atom is -0.382 e. The minimum absolute atomic E-state index is 0.171. The highest BCUT2D eigenvalue weighted by Gasteiger charge is 2.24. The van der Waals surface area contributed by atoms with Crippen molar-refractivity contribution in [3.63, 3.8) is 0 Å². The number of nitrogens with one attached hydrogen (secondary N) is 1. The van der Waals surface area contributed by atoms with Gasteiger partial charge in [-0.15, -0.1) is 0 Å². The van der Waals surface area contributed by atoms with Gasteiger partial charge in [-0.05, 0) is 63.3 Å². The topological polar surface area (TPSA) is 41.6 Å². The van der Waals surface area contributed by atoms with Crippen molar-refractivity contribution >= 4 is 11.6 Å². The number of anilines is 1. The van der Waals surface area contributed by atoms with Crippen molar-refractivity contribution in [2.45, 2.75) is 51.1 Å². The van der Waals surface area contributed by atoms with Gasteiger partial charge in [0.2, 0.25) is 0 Å². The molecular weight excluding hydrogens is 276 g/mol. The number of carbonyl (C=O) groups excluding carboxylic acids is 1. The standard InChI is InChI=1S/C18H26N2O2/c1-14-4-2-3-11-20(14)18(21)15-5-7-16(8-6-15)19-17-9-12-22-13-10-17/h5-8,14,17,19H,2-4,9-13H2,1H3. The molecule has 1 atom stereocenters. The van der Waals surface area contributed by atoms with Gasteiger partial charge in [0.25, 0.3) is 5.91 Å². The van der Waals surface area contributed by atoms with Gasteiger partial charge in [0.05, 0.1) is 0 Å². The van der Waals surface area contributed by atoms with E-state index in [0.717, 1.165) is 56.7 Å². The molecule has 0 aliphatic carbocycles. The fraction of sp³-hybridized carbons (Fsp3) is 0.611. The maximum Gasteiger partial charge on any atom is 0.254 e. The highest BCUT2D eigenvalue weighted by molar-refractivity contribution is 5.94. The van der Waals surface area contributed by atoms with Crippen LogP contribution in [0.5, 0.6) is 0 Å². The molecule has 2 fully saturated rings. The Morgan fingerprint density at radius 2 is 1.86 bits per heavy atom. The van der Waals surface area contributed by atoms with E-state index in [4.69, 9.17) is 4.74 Å². The molecule has 3 rings (SSSR count). The summed E-state index contributed by atoms with van der Waals surface area (Å²) in [5.74, 6) is 0.171. The number of hydrogen-bond donors (Lipinski definition) is 1. The first-order valence-electron chi connectivity index (χ1n) is 8.49. The van der Waals surface area contributed by atoms with Crippen LogP contribution in [0.4, 0.5) is 5.69 Å². The lowest BCUT2D eigenvalue weighted by Gasteiger charge is -2.33. The summed E-state index contributed by atoms with van der Waals surface area (Å²) in [6, 6.07) is 8.80. The van der Waals surface area contributed by atoms with Crippen LogP contribution in [-0.2, 0) is 4.74 Å². The van der Waals surface area contributed by atoms with Gasteiger partial charge in [-0.1, -0.05) is 0 Å². The molecule has 0 bridgehead atoms. The molecule has 2 aliphatic rings. The first-order valence-corrected chi connectivity index (χ1v) is 8.49. The van der Waals surface area contributed by atoms with Gasteiger partial charge < -0.3 is 15.0 Å². The van der Waals surface area contributed by atoms with E-state index in [2.05, 4.69) is 12.2 Å². The third-order valence-corrected chi connectivity index (χ3v) is 4.79. The number of likely N-dealkylation sites (tertiary alicyclic amines) is 1. The van der Waals surface area contributed by atoms with Crippen LogP contribution in [0.15, 0.2) is 24.3 Å². The van der Waals surface area contributed by atoms with Crippen LogP contribution in [0.2, 0.25) is 0 Å². The van der Waals surface area contributed by atoms with Crippen LogP contribution in [0.25, 0.3) is 0 Å². The van der Waals surface area contributed by atoms with Gasteiger partial charge in [0.1, 0.15) is 0 Å². The first kappa shape index (κ1) is 15.3. The first-order chi connectivity index (χ1) is 10.7. The summed E-state index contributed by atoms with van der Waals surface area (Å²) in [5.41, 5.74) is 1.89. The smallest absolute Gasteiger partial charge is 0.254 e. The minimum atomic E-state index is 0.171. The number of amides is 1. The second kappa shape index (κ2) is 7.14. The summed E-state index contributed by atoms with van der Waals surface area (Å²) in [6.45, 7) is 4.71. The summed E-state index contributed by atoms with van der Waals surface area (Å²) >= 11 is 0. The van der Waals surface area contributed by atoms with Gasteiger partial charge in [0.15, 0.2) is 0 Å². The number of nitrogens with zero attached hydrogens (tertiary/aromatic N) is 1. The Labute approximate surface area is 132 Å². The maximum atomic E-state index is 12.6. The number of rotatable bonds is 3. The van der Waals surface area contributed by atoms with Crippen molar-refractivity contribution in [3.8, 4) is 0 Å². The molecule has 2 heterocycles. The monoisotopic (exact) mass is 302 g/mol. The fourth-order valence-electron chi connectivity index (χ4n) is 3.35. The Bertz CT molecular complexity index is 494. The number of hydrogen-bond acceptors (Lipinski definition) is 3. The van der Waals surface area contributed by atoms with Crippen LogP contribution in [0.1, 0.15) is 49.4 Å². The molecule has 1 unspecified atom stereocenters. The lowest BCUT2D eigenvalue weighted by atomic mass is 10.0. The van der Waals surface area contributed by atoms with E-state index >= 15 is 0 Å². The Kier molecular flexibility index (Phi) is 4.98. The molecule has 22 heavy (non-hydrogen) atoms. The van der Waals surface area contributed by atoms with Crippen LogP contribution in [-0.4, -0.2) is 42.6 Å². The van der Waals surface area contributed by atoms with E-state index in [1.165, 1.54) is 6.42 Å². The summed E-state index contributed by atoms with van der Waals surface area (Å²) in [4.78, 5) is 14.6.